The van der Waals surface area contributed by atoms with Crippen LogP contribution in [-0.4, -0.2) is 90.2 Å². The van der Waals surface area contributed by atoms with Gasteiger partial charge in [-0.2, -0.15) is 34.3 Å². The summed E-state index contributed by atoms with van der Waals surface area (Å²) >= 11 is 18.7. The van der Waals surface area contributed by atoms with Crippen molar-refractivity contribution in [2.24, 2.45) is 0 Å². The molecule has 7 N–H and O–H groups in total. The zero-order valence-electron chi connectivity index (χ0n) is 45.8. The summed E-state index contributed by atoms with van der Waals surface area (Å²) in [5, 5.41) is 40.6. The Hall–Kier alpha value is -10.4. The molecule has 26 heteroatoms. The fraction of sp³-hybridized carbons (Fsp3) is 0.0952. The molecule has 3 saturated heterocycles. The average Bonchev–Trinajstić information content (AvgIpc) is 1.82. The molecule has 6 heterocycles. The summed E-state index contributed by atoms with van der Waals surface area (Å²) in [4.78, 5) is 112. The predicted octanol–water partition coefficient (Wildman–Crippen LogP) is 11.7. The van der Waals surface area contributed by atoms with Gasteiger partial charge < -0.3 is 30.9 Å². The van der Waals surface area contributed by atoms with E-state index in [1.165, 1.54) is 91.0 Å². The Morgan fingerprint density at radius 2 is 0.708 bits per heavy atom. The number of amides is 9. The van der Waals surface area contributed by atoms with Crippen molar-refractivity contribution in [3.63, 3.8) is 0 Å². The third-order valence-corrected chi connectivity index (χ3v) is 17.2. The van der Waals surface area contributed by atoms with Gasteiger partial charge in [-0.3, -0.25) is 14.4 Å². The van der Waals surface area contributed by atoms with Crippen LogP contribution in [0.4, 0.5) is 14.4 Å². The van der Waals surface area contributed by atoms with E-state index < -0.39 is 81.9 Å². The number of hydrogen-bond donors (Lipinski definition) is 7. The molecule has 22 nitrogen and oxygen atoms in total. The van der Waals surface area contributed by atoms with Crippen LogP contribution in [0.2, 0.25) is 15.1 Å². The van der Waals surface area contributed by atoms with Crippen molar-refractivity contribution in [2.75, 3.05) is 19.8 Å². The summed E-state index contributed by atoms with van der Waals surface area (Å²) in [6, 6.07) is 31.8. The molecule has 3 aliphatic heterocycles. The Morgan fingerprint density at radius 1 is 0.438 bits per heavy atom. The van der Waals surface area contributed by atoms with Crippen molar-refractivity contribution in [3.8, 4) is 18.2 Å². The number of aromatic amines is 3. The molecule has 89 heavy (non-hydrogen) atoms. The van der Waals surface area contributed by atoms with Crippen molar-refractivity contribution in [1.29, 1.82) is 15.8 Å². The summed E-state index contributed by atoms with van der Waals surface area (Å²) in [6.45, 7) is -2.43. The number of hydrogen-bond acceptors (Lipinski definition) is 13. The van der Waals surface area contributed by atoms with E-state index in [4.69, 9.17) is 48.4 Å². The van der Waals surface area contributed by atoms with Gasteiger partial charge in [-0.25, -0.2) is 29.1 Å². The second-order valence-electron chi connectivity index (χ2n) is 20.4. The van der Waals surface area contributed by atoms with Crippen LogP contribution in [0.1, 0.15) is 68.2 Å². The van der Waals surface area contributed by atoms with Gasteiger partial charge >= 0.3 is 26.3 Å². The first kappa shape index (κ1) is 58.9. The molecule has 0 unspecified atom stereocenters. The standard InChI is InChI=1S/C63H42Cl3N12O10P/c64-43-13-16-46-40(28-70-49(46)22-43)19-52-58(79)76(61(82)73-52)55(37-7-1-34(25-67)2-8-37)31-86-89(85,87-32-56(38-9-3-35(26-68)4-10-38)77-59(80)53(74-62(77)83)20-41-29-71-50-23-44(65)14-17-47(41)50)88-33-57(39-11-5-36(27-69)6-12-39)78-60(81)54(75-63(78)84)21-42-30-72-51-24-45(66)15-18-48(42)51/h1-24,28-30,55-57,85H,31-33H2,(H5-,70,71,72,73,74,75,79,80,81,82,83,84)/p+1/t55-,56-,57-/m0/s1. The minimum absolute atomic E-state index is 0.148. The van der Waals surface area contributed by atoms with Crippen LogP contribution in [0.25, 0.3) is 50.9 Å². The van der Waals surface area contributed by atoms with Crippen molar-refractivity contribution < 1.29 is 47.2 Å². The van der Waals surface area contributed by atoms with E-state index in [1.54, 1.807) is 73.2 Å². The molecule has 0 saturated carbocycles. The molecule has 9 aromatic rings. The molecule has 0 spiro atoms. The molecule has 3 atom stereocenters. The van der Waals surface area contributed by atoms with Gasteiger partial charge in [0.05, 0.1) is 53.0 Å². The van der Waals surface area contributed by atoms with Crippen molar-refractivity contribution in [2.45, 2.75) is 18.1 Å². The zero-order valence-corrected chi connectivity index (χ0v) is 49.0. The highest BCUT2D eigenvalue weighted by Crippen LogP contribution is 2.60. The predicted molar refractivity (Wildman–Crippen MR) is 329 cm³/mol. The lowest BCUT2D eigenvalue weighted by molar-refractivity contribution is -0.125. The molecule has 0 radical (unpaired) electrons. The maximum absolute atomic E-state index is 14.7. The first-order valence-corrected chi connectivity index (χ1v) is 29.6. The molecular formula is C63H43Cl3N12O10P+. The third-order valence-electron chi connectivity index (χ3n) is 15.1. The number of carbonyl (C=O) groups is 6. The van der Waals surface area contributed by atoms with Gasteiger partial charge in [-0.1, -0.05) is 89.4 Å². The van der Waals surface area contributed by atoms with Crippen LogP contribution >= 0.6 is 43.0 Å². The first-order valence-electron chi connectivity index (χ1n) is 26.9. The Kier molecular flexibility index (Phi) is 16.2. The zero-order chi connectivity index (χ0) is 62.3. The molecule has 6 aromatic carbocycles. The minimum Gasteiger partial charge on any atom is -0.361 e. The van der Waals surface area contributed by atoms with Gasteiger partial charge in [0.1, 0.15) is 36.9 Å². The second-order valence-corrected chi connectivity index (χ2v) is 23.4. The number of H-pyrrole nitrogens is 3. The van der Waals surface area contributed by atoms with Crippen LogP contribution < -0.4 is 16.0 Å². The molecule has 3 aliphatic rings. The number of nitriles is 3. The van der Waals surface area contributed by atoms with E-state index in [1.807, 2.05) is 18.2 Å². The number of carbonyl (C=O) groups excluding carboxylic acids is 6. The summed E-state index contributed by atoms with van der Waals surface area (Å²) < 4.78 is 19.2. The number of urea groups is 3. The van der Waals surface area contributed by atoms with Gasteiger partial charge in [0.25, 0.3) is 17.7 Å². The second kappa shape index (κ2) is 24.4. The Balaban J connectivity index is 0.919. The largest absolute Gasteiger partial charge is 0.572 e. The number of imide groups is 3. The number of benzene rings is 6. The van der Waals surface area contributed by atoms with Gasteiger partial charge in [0, 0.05) is 83.1 Å². The van der Waals surface area contributed by atoms with E-state index in [0.29, 0.717) is 64.5 Å². The maximum Gasteiger partial charge on any atom is 0.572 e. The highest BCUT2D eigenvalue weighted by atomic mass is 35.5. The summed E-state index contributed by atoms with van der Waals surface area (Å²) in [6.07, 6.45) is 9.27. The van der Waals surface area contributed by atoms with E-state index in [-0.39, 0.29) is 50.5 Å². The van der Waals surface area contributed by atoms with Gasteiger partial charge in [-0.15, -0.1) is 0 Å². The van der Waals surface area contributed by atoms with Gasteiger partial charge in [-0.05, 0) is 108 Å². The Labute approximate surface area is 520 Å². The fourth-order valence-electron chi connectivity index (χ4n) is 10.6. The van der Waals surface area contributed by atoms with Crippen LogP contribution in [0, 0.1) is 34.0 Å². The van der Waals surface area contributed by atoms with Crippen LogP contribution in [-0.2, 0) is 28.0 Å². The summed E-state index contributed by atoms with van der Waals surface area (Å²) in [7, 11) is -5.11. The molecule has 0 bridgehead atoms. The summed E-state index contributed by atoms with van der Waals surface area (Å²) in [5.74, 6) is -2.50. The highest BCUT2D eigenvalue weighted by Gasteiger charge is 2.52. The van der Waals surface area contributed by atoms with Crippen LogP contribution in [0.5, 0.6) is 0 Å². The lowest BCUT2D eigenvalue weighted by Crippen LogP contribution is -2.39. The number of aromatic nitrogens is 3. The summed E-state index contributed by atoms with van der Waals surface area (Å²) in [5.41, 5.74) is 4.42. The van der Waals surface area contributed by atoms with Crippen molar-refractivity contribution >= 4 is 130 Å². The van der Waals surface area contributed by atoms with Gasteiger partial charge in [0.15, 0.2) is 0 Å². The van der Waals surface area contributed by atoms with Crippen molar-refractivity contribution in [3.05, 3.63) is 228 Å². The Bertz CT molecular complexity index is 4190. The van der Waals surface area contributed by atoms with E-state index in [2.05, 4.69) is 30.9 Å². The first-order chi connectivity index (χ1) is 43.0. The normalized spacial score (nSPS) is 16.8. The number of nitrogens with one attached hydrogen (secondary N) is 6. The Morgan fingerprint density at radius 3 is 0.966 bits per heavy atom. The number of nitrogens with zero attached hydrogens (tertiary/aromatic N) is 6. The number of halogens is 3. The molecule has 9 amide bonds. The SMILES string of the molecule is N#Cc1ccc([C@H](CO[P+](O)(OC[C@@H](c2ccc(C#N)cc2)N2C(=O)N/C(=C\c3c[nH]c4cc(Cl)ccc34)C2=O)OC[C@@H](c2ccc(C#N)cc2)N2C(=O)N/C(=C\c3c[nH]c4cc(Cl)ccc34)C2=O)N2C(=O)N/C(=C\c3c[nH]c4cc(Cl)ccc34)C2=O)cc1. The number of fused-ring (bicyclic) bond motifs is 3. The molecule has 3 aromatic heterocycles. The average molecular weight is 1270 g/mol. The third kappa shape index (κ3) is 11.8. The lowest BCUT2D eigenvalue weighted by atomic mass is 10.0. The van der Waals surface area contributed by atoms with Crippen LogP contribution in [0.15, 0.2) is 163 Å². The van der Waals surface area contributed by atoms with Gasteiger partial charge in [0.2, 0.25) is 0 Å². The molecule has 440 valence electrons. The van der Waals surface area contributed by atoms with E-state index in [9.17, 15) is 49.4 Å². The smallest absolute Gasteiger partial charge is 0.361 e. The quantitative estimate of drug-likeness (QED) is 0.0239. The highest BCUT2D eigenvalue weighted by molar-refractivity contribution is 7.55. The minimum atomic E-state index is -5.11. The molecular weight excluding hydrogens is 1220 g/mol. The van der Waals surface area contributed by atoms with E-state index in [0.717, 1.165) is 14.7 Å². The monoisotopic (exact) mass is 1260 g/mol. The fourth-order valence-corrected chi connectivity index (χ4v) is 12.3. The van der Waals surface area contributed by atoms with E-state index >= 15 is 0 Å². The molecule has 0 aliphatic carbocycles. The van der Waals surface area contributed by atoms with Crippen molar-refractivity contribution in [1.82, 2.24) is 45.6 Å². The topological polar surface area (TPSA) is 315 Å². The number of rotatable bonds is 18. The van der Waals surface area contributed by atoms with Crippen LogP contribution in [0.3, 0.4) is 0 Å². The lowest BCUT2D eigenvalue weighted by Gasteiger charge is -2.29. The maximum atomic E-state index is 14.7. The molecule has 3 fully saturated rings. The molecule has 12 rings (SSSR count).